The van der Waals surface area contributed by atoms with Crippen LogP contribution < -0.4 is 4.74 Å². The highest BCUT2D eigenvalue weighted by Crippen LogP contribution is 2.43. The third kappa shape index (κ3) is 1.61. The SMILES string of the molecule is COc1ccc2c(c1)C(C)(F)CCS2. The molecule has 0 fully saturated rings. The smallest absolute Gasteiger partial charge is 0.135 e. The van der Waals surface area contributed by atoms with Gasteiger partial charge in [0.15, 0.2) is 0 Å². The van der Waals surface area contributed by atoms with Crippen LogP contribution in [0.2, 0.25) is 0 Å². The standard InChI is InChI=1S/C11H13FOS/c1-11(12)5-6-14-10-4-3-8(13-2)7-9(10)11/h3-4,7H,5-6H2,1-2H3. The van der Waals surface area contributed by atoms with Crippen molar-refractivity contribution in [2.45, 2.75) is 23.9 Å². The Morgan fingerprint density at radius 1 is 1.50 bits per heavy atom. The minimum absolute atomic E-state index is 0.581. The highest BCUT2D eigenvalue weighted by molar-refractivity contribution is 7.99. The van der Waals surface area contributed by atoms with Crippen molar-refractivity contribution in [2.24, 2.45) is 0 Å². The maximum absolute atomic E-state index is 14.1. The van der Waals surface area contributed by atoms with Crippen LogP contribution in [0.4, 0.5) is 4.39 Å². The van der Waals surface area contributed by atoms with E-state index in [1.807, 2.05) is 18.2 Å². The molecule has 1 aromatic carbocycles. The Labute approximate surface area is 87.7 Å². The Morgan fingerprint density at radius 2 is 2.29 bits per heavy atom. The van der Waals surface area contributed by atoms with E-state index >= 15 is 0 Å². The minimum Gasteiger partial charge on any atom is -0.497 e. The summed E-state index contributed by atoms with van der Waals surface area (Å²) in [6.07, 6.45) is 0.581. The van der Waals surface area contributed by atoms with Gasteiger partial charge in [-0.25, -0.2) is 4.39 Å². The highest BCUT2D eigenvalue weighted by Gasteiger charge is 2.32. The second kappa shape index (κ2) is 3.46. The predicted molar refractivity (Wildman–Crippen MR) is 56.8 cm³/mol. The van der Waals surface area contributed by atoms with Crippen molar-refractivity contribution in [2.75, 3.05) is 12.9 Å². The summed E-state index contributed by atoms with van der Waals surface area (Å²) in [5.74, 6) is 1.59. The fourth-order valence-corrected chi connectivity index (χ4v) is 2.95. The van der Waals surface area contributed by atoms with Gasteiger partial charge in [-0.05, 0) is 31.5 Å². The third-order valence-corrected chi connectivity index (χ3v) is 3.65. The molecule has 2 rings (SSSR count). The van der Waals surface area contributed by atoms with Crippen molar-refractivity contribution < 1.29 is 9.13 Å². The average molecular weight is 212 g/mol. The summed E-state index contributed by atoms with van der Waals surface area (Å²) < 4.78 is 19.2. The van der Waals surface area contributed by atoms with Gasteiger partial charge < -0.3 is 4.74 Å². The molecule has 76 valence electrons. The first-order chi connectivity index (χ1) is 6.63. The Morgan fingerprint density at radius 3 is 3.00 bits per heavy atom. The van der Waals surface area contributed by atoms with Gasteiger partial charge in [-0.3, -0.25) is 0 Å². The van der Waals surface area contributed by atoms with Crippen molar-refractivity contribution >= 4 is 11.8 Å². The molecular formula is C11H13FOS. The summed E-state index contributed by atoms with van der Waals surface area (Å²) in [5, 5.41) is 0. The van der Waals surface area contributed by atoms with Gasteiger partial charge in [-0.2, -0.15) is 0 Å². The molecule has 0 N–H and O–H groups in total. The summed E-state index contributed by atoms with van der Waals surface area (Å²) in [5.41, 5.74) is -0.428. The topological polar surface area (TPSA) is 9.23 Å². The summed E-state index contributed by atoms with van der Waals surface area (Å²) in [6, 6.07) is 5.63. The van der Waals surface area contributed by atoms with Crippen LogP contribution in [0.3, 0.4) is 0 Å². The van der Waals surface area contributed by atoms with Crippen molar-refractivity contribution in [3.8, 4) is 5.75 Å². The van der Waals surface area contributed by atoms with Gasteiger partial charge in [0.2, 0.25) is 0 Å². The fourth-order valence-electron chi connectivity index (χ4n) is 1.66. The molecule has 0 spiro atoms. The summed E-state index contributed by atoms with van der Waals surface area (Å²) in [6.45, 7) is 1.64. The maximum Gasteiger partial charge on any atom is 0.135 e. The van der Waals surface area contributed by atoms with Crippen LogP contribution in [0.1, 0.15) is 18.9 Å². The van der Waals surface area contributed by atoms with E-state index in [0.29, 0.717) is 6.42 Å². The number of alkyl halides is 1. The first-order valence-corrected chi connectivity index (χ1v) is 5.62. The molecular weight excluding hydrogens is 199 g/mol. The van der Waals surface area contributed by atoms with E-state index in [1.165, 1.54) is 0 Å². The van der Waals surface area contributed by atoms with Gasteiger partial charge in [0.05, 0.1) is 7.11 Å². The molecule has 1 nitrogen and oxygen atoms in total. The van der Waals surface area contributed by atoms with Gasteiger partial charge >= 0.3 is 0 Å². The van der Waals surface area contributed by atoms with Crippen molar-refractivity contribution in [3.05, 3.63) is 23.8 Å². The molecule has 1 heterocycles. The van der Waals surface area contributed by atoms with Crippen LogP contribution in [0.25, 0.3) is 0 Å². The van der Waals surface area contributed by atoms with E-state index < -0.39 is 5.67 Å². The lowest BCUT2D eigenvalue weighted by molar-refractivity contribution is 0.180. The van der Waals surface area contributed by atoms with E-state index in [0.717, 1.165) is 22.0 Å². The van der Waals surface area contributed by atoms with Crippen LogP contribution in [0, 0.1) is 0 Å². The Kier molecular flexibility index (Phi) is 2.43. The molecule has 0 amide bonds. The molecule has 0 radical (unpaired) electrons. The zero-order chi connectivity index (χ0) is 10.2. The van der Waals surface area contributed by atoms with Gasteiger partial charge in [-0.15, -0.1) is 11.8 Å². The number of methoxy groups -OCH3 is 1. The highest BCUT2D eigenvalue weighted by atomic mass is 32.2. The number of rotatable bonds is 1. The van der Waals surface area contributed by atoms with Crippen LogP contribution in [-0.4, -0.2) is 12.9 Å². The molecule has 1 aliphatic heterocycles. The van der Waals surface area contributed by atoms with Crippen LogP contribution in [0.5, 0.6) is 5.75 Å². The molecule has 3 heteroatoms. The van der Waals surface area contributed by atoms with Crippen LogP contribution in [0.15, 0.2) is 23.1 Å². The van der Waals surface area contributed by atoms with Crippen molar-refractivity contribution in [1.29, 1.82) is 0 Å². The van der Waals surface area contributed by atoms with Crippen LogP contribution >= 0.6 is 11.8 Å². The monoisotopic (exact) mass is 212 g/mol. The molecule has 0 aromatic heterocycles. The second-order valence-electron chi connectivity index (χ2n) is 3.66. The Bertz CT molecular complexity index is 349. The van der Waals surface area contributed by atoms with Crippen molar-refractivity contribution in [3.63, 3.8) is 0 Å². The van der Waals surface area contributed by atoms with E-state index in [1.54, 1.807) is 25.8 Å². The Balaban J connectivity index is 2.49. The zero-order valence-corrected chi connectivity index (χ0v) is 9.16. The number of halogens is 1. The molecule has 1 atom stereocenters. The van der Waals surface area contributed by atoms with Gasteiger partial charge in [0.25, 0.3) is 0 Å². The molecule has 14 heavy (non-hydrogen) atoms. The second-order valence-corrected chi connectivity index (χ2v) is 4.79. The molecule has 0 saturated heterocycles. The molecule has 1 aromatic rings. The van der Waals surface area contributed by atoms with E-state index in [-0.39, 0.29) is 0 Å². The number of ether oxygens (including phenoxy) is 1. The number of thioether (sulfide) groups is 1. The number of hydrogen-bond acceptors (Lipinski definition) is 2. The van der Waals surface area contributed by atoms with E-state index in [2.05, 4.69) is 0 Å². The first-order valence-electron chi connectivity index (χ1n) is 4.64. The first kappa shape index (κ1) is 9.84. The van der Waals surface area contributed by atoms with Gasteiger partial charge in [0, 0.05) is 16.2 Å². The summed E-state index contributed by atoms with van der Waals surface area (Å²) in [7, 11) is 1.60. The molecule has 1 aliphatic rings. The lowest BCUT2D eigenvalue weighted by Gasteiger charge is -2.28. The van der Waals surface area contributed by atoms with E-state index in [4.69, 9.17) is 4.74 Å². The van der Waals surface area contributed by atoms with Crippen molar-refractivity contribution in [1.82, 2.24) is 0 Å². The molecule has 0 aliphatic carbocycles. The third-order valence-electron chi connectivity index (χ3n) is 2.58. The fraction of sp³-hybridized carbons (Fsp3) is 0.455. The quantitative estimate of drug-likeness (QED) is 0.705. The van der Waals surface area contributed by atoms with Gasteiger partial charge in [-0.1, -0.05) is 0 Å². The lowest BCUT2D eigenvalue weighted by atomic mass is 9.94. The van der Waals surface area contributed by atoms with Gasteiger partial charge in [0.1, 0.15) is 11.4 Å². The minimum atomic E-state index is -1.20. The zero-order valence-electron chi connectivity index (χ0n) is 8.34. The predicted octanol–water partition coefficient (Wildman–Crippen LogP) is 3.38. The van der Waals surface area contributed by atoms with E-state index in [9.17, 15) is 4.39 Å². The number of hydrogen-bond donors (Lipinski definition) is 0. The summed E-state index contributed by atoms with van der Waals surface area (Å²) in [4.78, 5) is 1.04. The van der Waals surface area contributed by atoms with Crippen LogP contribution in [-0.2, 0) is 5.67 Å². The molecule has 1 unspecified atom stereocenters. The lowest BCUT2D eigenvalue weighted by Crippen LogP contribution is -2.20. The average Bonchev–Trinajstić information content (AvgIpc) is 2.17. The number of fused-ring (bicyclic) bond motifs is 1. The molecule has 0 saturated carbocycles. The normalized spacial score (nSPS) is 25.6. The number of benzene rings is 1. The maximum atomic E-state index is 14.1. The molecule has 0 bridgehead atoms. The summed E-state index contributed by atoms with van der Waals surface area (Å²) >= 11 is 1.71. The Hall–Kier alpha value is -0.700. The largest absolute Gasteiger partial charge is 0.497 e.